The molecule has 4 rings (SSSR count). The summed E-state index contributed by atoms with van der Waals surface area (Å²) in [6.07, 6.45) is 3.01. The average molecular weight is 443 g/mol. The molecule has 0 bridgehead atoms. The number of aromatic amines is 1. The van der Waals surface area contributed by atoms with Gasteiger partial charge in [-0.05, 0) is 46.9 Å². The fraction of sp³-hybridized carbons (Fsp3) is 0.308. The Morgan fingerprint density at radius 1 is 1.06 bits per heavy atom. The second kappa shape index (κ2) is 10.3. The van der Waals surface area contributed by atoms with Crippen LogP contribution in [0.2, 0.25) is 0 Å². The lowest BCUT2D eigenvalue weighted by Crippen LogP contribution is -2.36. The number of nitrogens with zero attached hydrogens (tertiary/aromatic N) is 4. The molecule has 2 aromatic carbocycles. The second-order valence-electron chi connectivity index (χ2n) is 8.49. The Balaban J connectivity index is 1.44. The van der Waals surface area contributed by atoms with Gasteiger partial charge in [-0.15, -0.1) is 10.2 Å². The quantitative estimate of drug-likeness (QED) is 0.396. The molecule has 0 saturated heterocycles. The standard InChI is InChI=1S/C26H30N6O/c1-4-18(2)24(17-32-15-7-8-19(32)3)26(33)27-16-20-11-13-21(14-12-20)22-9-5-6-10-23(22)25-28-30-31-29-25/h5-15,18,24H,4,16-17H2,1-3H3,(H,27,33)(H,28,29,30,31)/t18?,24-/m1/s1. The van der Waals surface area contributed by atoms with Gasteiger partial charge in [0.05, 0.1) is 5.92 Å². The van der Waals surface area contributed by atoms with Gasteiger partial charge in [0.15, 0.2) is 0 Å². The molecule has 0 spiro atoms. The molecular formula is C26H30N6O. The summed E-state index contributed by atoms with van der Waals surface area (Å²) < 4.78 is 2.16. The van der Waals surface area contributed by atoms with Crippen LogP contribution in [0.25, 0.3) is 22.5 Å². The molecule has 4 aromatic rings. The van der Waals surface area contributed by atoms with Gasteiger partial charge >= 0.3 is 0 Å². The molecule has 2 aromatic heterocycles. The number of rotatable bonds is 9. The Morgan fingerprint density at radius 2 is 1.82 bits per heavy atom. The summed E-state index contributed by atoms with van der Waals surface area (Å²) in [5.74, 6) is 0.901. The molecule has 7 heteroatoms. The Kier molecular flexibility index (Phi) is 6.98. The van der Waals surface area contributed by atoms with E-state index in [1.807, 2.05) is 36.5 Å². The molecule has 0 aliphatic heterocycles. The van der Waals surface area contributed by atoms with E-state index in [-0.39, 0.29) is 11.8 Å². The number of benzene rings is 2. The third kappa shape index (κ3) is 5.19. The van der Waals surface area contributed by atoms with Crippen molar-refractivity contribution >= 4 is 5.91 Å². The smallest absolute Gasteiger partial charge is 0.225 e. The summed E-state index contributed by atoms with van der Waals surface area (Å²) in [4.78, 5) is 13.1. The number of H-pyrrole nitrogens is 1. The first-order valence-electron chi connectivity index (χ1n) is 11.4. The van der Waals surface area contributed by atoms with E-state index in [2.05, 4.69) is 81.6 Å². The molecular weight excluding hydrogens is 412 g/mol. The van der Waals surface area contributed by atoms with E-state index >= 15 is 0 Å². The lowest BCUT2D eigenvalue weighted by molar-refractivity contribution is -0.127. The van der Waals surface area contributed by atoms with Crippen LogP contribution in [0.1, 0.15) is 31.5 Å². The number of nitrogens with one attached hydrogen (secondary N) is 2. The van der Waals surface area contributed by atoms with Crippen molar-refractivity contribution in [1.82, 2.24) is 30.5 Å². The van der Waals surface area contributed by atoms with Gasteiger partial charge in [-0.2, -0.15) is 5.21 Å². The van der Waals surface area contributed by atoms with E-state index in [1.165, 1.54) is 5.69 Å². The molecule has 0 fully saturated rings. The van der Waals surface area contributed by atoms with E-state index in [1.54, 1.807) is 0 Å². The van der Waals surface area contributed by atoms with Crippen LogP contribution in [0, 0.1) is 18.8 Å². The summed E-state index contributed by atoms with van der Waals surface area (Å²) in [5.41, 5.74) is 5.25. The molecule has 2 N–H and O–H groups in total. The fourth-order valence-corrected chi connectivity index (χ4v) is 4.05. The molecule has 2 atom stereocenters. The molecule has 0 aliphatic carbocycles. The Bertz CT molecular complexity index is 1180. The number of carbonyl (C=O) groups excluding carboxylic acids is 1. The zero-order valence-corrected chi connectivity index (χ0v) is 19.3. The minimum absolute atomic E-state index is 0.0674. The van der Waals surface area contributed by atoms with Crippen molar-refractivity contribution < 1.29 is 4.79 Å². The number of hydrogen-bond donors (Lipinski definition) is 2. The van der Waals surface area contributed by atoms with Crippen molar-refractivity contribution in [2.75, 3.05) is 0 Å². The topological polar surface area (TPSA) is 88.5 Å². The summed E-state index contributed by atoms with van der Waals surface area (Å²) in [6, 6.07) is 20.3. The number of aromatic nitrogens is 5. The average Bonchev–Trinajstić information content (AvgIpc) is 3.53. The van der Waals surface area contributed by atoms with Crippen LogP contribution in [0.4, 0.5) is 0 Å². The van der Waals surface area contributed by atoms with Crippen LogP contribution >= 0.6 is 0 Å². The highest BCUT2D eigenvalue weighted by Gasteiger charge is 2.24. The molecule has 33 heavy (non-hydrogen) atoms. The Morgan fingerprint density at radius 3 is 2.45 bits per heavy atom. The maximum atomic E-state index is 13.1. The molecule has 170 valence electrons. The molecule has 2 heterocycles. The van der Waals surface area contributed by atoms with Gasteiger partial charge in [0.25, 0.3) is 0 Å². The van der Waals surface area contributed by atoms with Gasteiger partial charge < -0.3 is 9.88 Å². The van der Waals surface area contributed by atoms with Crippen molar-refractivity contribution in [2.24, 2.45) is 11.8 Å². The normalized spacial score (nSPS) is 12.9. The van der Waals surface area contributed by atoms with Gasteiger partial charge in [0.2, 0.25) is 11.7 Å². The highest BCUT2D eigenvalue weighted by Crippen LogP contribution is 2.29. The number of tetrazole rings is 1. The first-order valence-corrected chi connectivity index (χ1v) is 11.4. The summed E-state index contributed by atoms with van der Waals surface area (Å²) in [7, 11) is 0. The third-order valence-corrected chi connectivity index (χ3v) is 6.36. The lowest BCUT2D eigenvalue weighted by Gasteiger charge is -2.23. The van der Waals surface area contributed by atoms with Crippen molar-refractivity contribution in [3.8, 4) is 22.5 Å². The predicted octanol–water partition coefficient (Wildman–Crippen LogP) is 4.62. The number of carbonyl (C=O) groups is 1. The highest BCUT2D eigenvalue weighted by atomic mass is 16.1. The Hall–Kier alpha value is -3.74. The lowest BCUT2D eigenvalue weighted by atomic mass is 9.90. The van der Waals surface area contributed by atoms with Crippen molar-refractivity contribution in [3.63, 3.8) is 0 Å². The zero-order valence-electron chi connectivity index (χ0n) is 19.3. The van der Waals surface area contributed by atoms with Gasteiger partial charge in [-0.1, -0.05) is 68.8 Å². The van der Waals surface area contributed by atoms with Crippen molar-refractivity contribution in [3.05, 3.63) is 78.1 Å². The van der Waals surface area contributed by atoms with Crippen molar-refractivity contribution in [1.29, 1.82) is 0 Å². The summed E-state index contributed by atoms with van der Waals surface area (Å²) in [5, 5.41) is 17.6. The van der Waals surface area contributed by atoms with Gasteiger partial charge in [-0.3, -0.25) is 4.79 Å². The number of hydrogen-bond acceptors (Lipinski definition) is 4. The first kappa shape index (κ1) is 22.5. The van der Waals surface area contributed by atoms with E-state index in [4.69, 9.17) is 0 Å². The van der Waals surface area contributed by atoms with Gasteiger partial charge in [0, 0.05) is 30.5 Å². The van der Waals surface area contributed by atoms with Crippen molar-refractivity contribution in [2.45, 2.75) is 40.3 Å². The maximum absolute atomic E-state index is 13.1. The monoisotopic (exact) mass is 442 g/mol. The fourth-order valence-electron chi connectivity index (χ4n) is 4.05. The minimum Gasteiger partial charge on any atom is -0.352 e. The number of amides is 1. The van der Waals surface area contributed by atoms with E-state index in [9.17, 15) is 4.79 Å². The largest absolute Gasteiger partial charge is 0.352 e. The first-order chi connectivity index (χ1) is 16.1. The third-order valence-electron chi connectivity index (χ3n) is 6.36. The van der Waals surface area contributed by atoms with Crippen LogP contribution in [-0.4, -0.2) is 31.1 Å². The summed E-state index contributed by atoms with van der Waals surface area (Å²) in [6.45, 7) is 7.57. The van der Waals surface area contributed by atoms with E-state index in [0.29, 0.717) is 24.8 Å². The minimum atomic E-state index is -0.0674. The zero-order chi connectivity index (χ0) is 23.2. The van der Waals surface area contributed by atoms with Crippen LogP contribution in [-0.2, 0) is 17.9 Å². The van der Waals surface area contributed by atoms with Crippen LogP contribution < -0.4 is 5.32 Å². The van der Waals surface area contributed by atoms with E-state index in [0.717, 1.165) is 28.7 Å². The summed E-state index contributed by atoms with van der Waals surface area (Å²) >= 11 is 0. The maximum Gasteiger partial charge on any atom is 0.225 e. The molecule has 7 nitrogen and oxygen atoms in total. The molecule has 1 amide bonds. The highest BCUT2D eigenvalue weighted by molar-refractivity contribution is 5.80. The molecule has 0 radical (unpaired) electrons. The van der Waals surface area contributed by atoms with Gasteiger partial charge in [0.1, 0.15) is 0 Å². The molecule has 0 aliphatic rings. The second-order valence-corrected chi connectivity index (χ2v) is 8.49. The SMILES string of the molecule is CCC(C)[C@@H](Cn1cccc1C)C(=O)NCc1ccc(-c2ccccc2-c2nn[nH]n2)cc1. The predicted molar refractivity (Wildman–Crippen MR) is 129 cm³/mol. The molecule has 1 unspecified atom stereocenters. The molecule has 0 saturated carbocycles. The number of aryl methyl sites for hydroxylation is 1. The van der Waals surface area contributed by atoms with Crippen LogP contribution in [0.3, 0.4) is 0 Å². The van der Waals surface area contributed by atoms with Crippen LogP contribution in [0.15, 0.2) is 66.9 Å². The van der Waals surface area contributed by atoms with Gasteiger partial charge in [-0.25, -0.2) is 0 Å². The Labute approximate surface area is 194 Å². The van der Waals surface area contributed by atoms with E-state index < -0.39 is 0 Å². The van der Waals surface area contributed by atoms with Crippen LogP contribution in [0.5, 0.6) is 0 Å².